The van der Waals surface area contributed by atoms with Crippen LogP contribution in [0.3, 0.4) is 0 Å². The molecule has 2 rings (SSSR count). The first-order valence-corrected chi connectivity index (χ1v) is 9.60. The fourth-order valence-corrected chi connectivity index (χ4v) is 5.16. The monoisotopic (exact) mass is 332 g/mol. The van der Waals surface area contributed by atoms with Crippen molar-refractivity contribution in [1.82, 2.24) is 9.62 Å². The van der Waals surface area contributed by atoms with E-state index in [2.05, 4.69) is 19.2 Å². The molecule has 1 aromatic rings. The summed E-state index contributed by atoms with van der Waals surface area (Å²) >= 11 is 1.49. The first-order valence-electron chi connectivity index (χ1n) is 7.28. The van der Waals surface area contributed by atoms with Crippen LogP contribution in [0.25, 0.3) is 0 Å². The van der Waals surface area contributed by atoms with Crippen LogP contribution in [0.1, 0.15) is 31.6 Å². The van der Waals surface area contributed by atoms with Crippen LogP contribution < -0.4 is 5.32 Å². The minimum Gasteiger partial charge on any atom is -0.381 e. The van der Waals surface area contributed by atoms with Crippen molar-refractivity contribution in [2.75, 3.05) is 20.3 Å². The lowest BCUT2D eigenvalue weighted by atomic mass is 10.1. The number of rotatable bonds is 6. The molecule has 0 amide bonds. The molecule has 1 saturated heterocycles. The van der Waals surface area contributed by atoms with E-state index in [1.54, 1.807) is 13.1 Å². The molecule has 0 aromatic carbocycles. The number of thiophene rings is 1. The van der Waals surface area contributed by atoms with Gasteiger partial charge in [-0.3, -0.25) is 0 Å². The Balaban J connectivity index is 2.17. The zero-order valence-corrected chi connectivity index (χ0v) is 14.5. The Labute approximate surface area is 131 Å². The lowest BCUT2D eigenvalue weighted by molar-refractivity contribution is 0.0632. The van der Waals surface area contributed by atoms with Crippen molar-refractivity contribution in [3.63, 3.8) is 0 Å². The van der Waals surface area contributed by atoms with E-state index in [0.717, 1.165) is 17.7 Å². The van der Waals surface area contributed by atoms with Crippen molar-refractivity contribution in [1.29, 1.82) is 0 Å². The SMILES string of the molecule is CC(C)NCc1sccc1S(=O)(=O)N(C)C1CCOCC1. The second-order valence-corrected chi connectivity index (χ2v) is 8.58. The summed E-state index contributed by atoms with van der Waals surface area (Å²) in [5.74, 6) is 0. The first kappa shape index (κ1) is 16.9. The van der Waals surface area contributed by atoms with Gasteiger partial charge in [-0.15, -0.1) is 11.3 Å². The third-order valence-electron chi connectivity index (χ3n) is 3.74. The van der Waals surface area contributed by atoms with Crippen LogP contribution >= 0.6 is 11.3 Å². The van der Waals surface area contributed by atoms with Crippen LogP contribution in [0.2, 0.25) is 0 Å². The molecular weight excluding hydrogens is 308 g/mol. The van der Waals surface area contributed by atoms with Gasteiger partial charge in [0.2, 0.25) is 10.0 Å². The first-order chi connectivity index (χ1) is 9.93. The predicted molar refractivity (Wildman–Crippen MR) is 85.1 cm³/mol. The Kier molecular flexibility index (Phi) is 5.79. The number of hydrogen-bond donors (Lipinski definition) is 1. The third kappa shape index (κ3) is 4.04. The lowest BCUT2D eigenvalue weighted by Gasteiger charge is -2.30. The van der Waals surface area contributed by atoms with Gasteiger partial charge in [0.05, 0.1) is 4.90 Å². The van der Waals surface area contributed by atoms with E-state index in [4.69, 9.17) is 4.74 Å². The molecule has 1 N–H and O–H groups in total. The average molecular weight is 332 g/mol. The largest absolute Gasteiger partial charge is 0.381 e. The van der Waals surface area contributed by atoms with Crippen molar-refractivity contribution in [2.24, 2.45) is 0 Å². The minimum atomic E-state index is -3.43. The van der Waals surface area contributed by atoms with Crippen LogP contribution in [0.15, 0.2) is 16.3 Å². The van der Waals surface area contributed by atoms with Crippen molar-refractivity contribution in [2.45, 2.75) is 50.2 Å². The van der Waals surface area contributed by atoms with Crippen molar-refractivity contribution in [3.05, 3.63) is 16.3 Å². The van der Waals surface area contributed by atoms with E-state index in [9.17, 15) is 8.42 Å². The van der Waals surface area contributed by atoms with Crippen molar-refractivity contribution < 1.29 is 13.2 Å². The van der Waals surface area contributed by atoms with E-state index in [0.29, 0.717) is 30.7 Å². The lowest BCUT2D eigenvalue weighted by Crippen LogP contribution is -2.40. The van der Waals surface area contributed by atoms with Gasteiger partial charge in [0, 0.05) is 43.8 Å². The molecule has 0 atom stereocenters. The molecule has 7 heteroatoms. The molecule has 21 heavy (non-hydrogen) atoms. The number of nitrogens with zero attached hydrogens (tertiary/aromatic N) is 1. The molecule has 0 radical (unpaired) electrons. The number of hydrogen-bond acceptors (Lipinski definition) is 5. The summed E-state index contributed by atoms with van der Waals surface area (Å²) < 4.78 is 32.5. The molecule has 5 nitrogen and oxygen atoms in total. The smallest absolute Gasteiger partial charge is 0.244 e. The zero-order chi connectivity index (χ0) is 15.5. The van der Waals surface area contributed by atoms with Gasteiger partial charge < -0.3 is 10.1 Å². The maximum Gasteiger partial charge on any atom is 0.244 e. The van der Waals surface area contributed by atoms with Crippen LogP contribution in [0.5, 0.6) is 0 Å². The van der Waals surface area contributed by atoms with Gasteiger partial charge in [0.15, 0.2) is 0 Å². The molecule has 2 heterocycles. The summed E-state index contributed by atoms with van der Waals surface area (Å²) in [6.45, 7) is 5.96. The number of ether oxygens (including phenoxy) is 1. The Bertz CT molecular complexity index is 548. The molecule has 0 saturated carbocycles. The van der Waals surface area contributed by atoms with Crippen LogP contribution in [-0.4, -0.2) is 45.1 Å². The molecule has 0 bridgehead atoms. The van der Waals surface area contributed by atoms with E-state index < -0.39 is 10.0 Å². The van der Waals surface area contributed by atoms with Crippen molar-refractivity contribution in [3.8, 4) is 0 Å². The topological polar surface area (TPSA) is 58.6 Å². The van der Waals surface area contributed by atoms with Gasteiger partial charge >= 0.3 is 0 Å². The quantitative estimate of drug-likeness (QED) is 0.866. The minimum absolute atomic E-state index is 0.0366. The highest BCUT2D eigenvalue weighted by Gasteiger charge is 2.31. The summed E-state index contributed by atoms with van der Waals surface area (Å²) in [7, 11) is -1.74. The van der Waals surface area contributed by atoms with Crippen molar-refractivity contribution >= 4 is 21.4 Å². The molecule has 120 valence electrons. The molecule has 1 aliphatic heterocycles. The normalized spacial score (nSPS) is 17.8. The molecule has 0 unspecified atom stereocenters. The molecule has 1 fully saturated rings. The fraction of sp³-hybridized carbons (Fsp3) is 0.714. The Morgan fingerprint density at radius 2 is 2.10 bits per heavy atom. The second-order valence-electron chi connectivity index (χ2n) is 5.61. The van der Waals surface area contributed by atoms with Crippen LogP contribution in [0.4, 0.5) is 0 Å². The van der Waals surface area contributed by atoms with Gasteiger partial charge in [0.25, 0.3) is 0 Å². The van der Waals surface area contributed by atoms with Gasteiger partial charge in [-0.2, -0.15) is 4.31 Å². The fourth-order valence-electron chi connectivity index (χ4n) is 2.38. The maximum absolute atomic E-state index is 12.8. The number of sulfonamides is 1. The van der Waals surface area contributed by atoms with Gasteiger partial charge in [-0.05, 0) is 24.3 Å². The predicted octanol–water partition coefficient (Wildman–Crippen LogP) is 2.05. The van der Waals surface area contributed by atoms with Gasteiger partial charge in [-0.1, -0.05) is 13.8 Å². The van der Waals surface area contributed by atoms with Gasteiger partial charge in [0.1, 0.15) is 0 Å². The molecule has 0 spiro atoms. The highest BCUT2D eigenvalue weighted by molar-refractivity contribution is 7.89. The third-order valence-corrected chi connectivity index (χ3v) is 6.78. The molecular formula is C14H24N2O3S2. The Morgan fingerprint density at radius 3 is 2.71 bits per heavy atom. The van der Waals surface area contributed by atoms with E-state index in [1.165, 1.54) is 15.6 Å². The average Bonchev–Trinajstić information content (AvgIpc) is 2.94. The van der Waals surface area contributed by atoms with E-state index >= 15 is 0 Å². The molecule has 1 aromatic heterocycles. The maximum atomic E-state index is 12.8. The zero-order valence-electron chi connectivity index (χ0n) is 12.8. The molecule has 0 aliphatic carbocycles. The summed E-state index contributed by atoms with van der Waals surface area (Å²) in [5, 5.41) is 5.14. The number of nitrogens with one attached hydrogen (secondary N) is 1. The summed E-state index contributed by atoms with van der Waals surface area (Å²) in [6, 6.07) is 2.08. The second kappa shape index (κ2) is 7.19. The Hall–Kier alpha value is -0.470. The van der Waals surface area contributed by atoms with Gasteiger partial charge in [-0.25, -0.2) is 8.42 Å². The highest BCUT2D eigenvalue weighted by atomic mass is 32.2. The van der Waals surface area contributed by atoms with Crippen LogP contribution in [-0.2, 0) is 21.3 Å². The van der Waals surface area contributed by atoms with E-state index in [-0.39, 0.29) is 6.04 Å². The highest BCUT2D eigenvalue weighted by Crippen LogP contribution is 2.27. The van der Waals surface area contributed by atoms with E-state index in [1.807, 2.05) is 5.38 Å². The molecule has 1 aliphatic rings. The summed E-state index contributed by atoms with van der Waals surface area (Å²) in [5.41, 5.74) is 0. The standard InChI is InChI=1S/C14H24N2O3S2/c1-11(2)15-10-13-14(6-9-20-13)21(17,18)16(3)12-4-7-19-8-5-12/h6,9,11-12,15H,4-5,7-8,10H2,1-3H3. The Morgan fingerprint density at radius 1 is 1.43 bits per heavy atom. The summed E-state index contributed by atoms with van der Waals surface area (Å²) in [4.78, 5) is 1.32. The van der Waals surface area contributed by atoms with Crippen LogP contribution in [0, 0.1) is 0 Å². The summed E-state index contributed by atoms with van der Waals surface area (Å²) in [6.07, 6.45) is 1.53.